The van der Waals surface area contributed by atoms with Gasteiger partial charge in [0.05, 0.1) is 18.2 Å². The molecule has 2 amide bonds. The van der Waals surface area contributed by atoms with Crippen LogP contribution in [0, 0.1) is 19.8 Å². The number of amides is 2. The Morgan fingerprint density at radius 1 is 1.20 bits per heavy atom. The number of carbonyl (C=O) groups excluding carboxylic acids is 2. The highest BCUT2D eigenvalue weighted by molar-refractivity contribution is 7.15. The summed E-state index contributed by atoms with van der Waals surface area (Å²) in [6, 6.07) is 0.363. The molecule has 7 heteroatoms. The van der Waals surface area contributed by atoms with Crippen LogP contribution in [0.2, 0.25) is 0 Å². The summed E-state index contributed by atoms with van der Waals surface area (Å²) in [6.07, 6.45) is 6.54. The first-order chi connectivity index (χ1) is 12.0. The van der Waals surface area contributed by atoms with Crippen LogP contribution >= 0.6 is 11.3 Å². The van der Waals surface area contributed by atoms with Crippen molar-refractivity contribution in [2.75, 3.05) is 25.0 Å². The van der Waals surface area contributed by atoms with Crippen LogP contribution in [0.4, 0.5) is 5.13 Å². The standard InChI is InChI=1S/C18H28N4O2S/c1-12-13(2)25-18(19-12)21-16(23)11-22-9-5-6-14(10-22)17(24)20-15-7-3-4-8-15/h14-15H,3-11H2,1-2H3,(H,20,24)(H,19,21,23). The van der Waals surface area contributed by atoms with Gasteiger partial charge in [0, 0.05) is 17.5 Å². The van der Waals surface area contributed by atoms with Crippen LogP contribution in [0.5, 0.6) is 0 Å². The lowest BCUT2D eigenvalue weighted by atomic mass is 9.96. The van der Waals surface area contributed by atoms with Crippen molar-refractivity contribution < 1.29 is 9.59 Å². The molecule has 25 heavy (non-hydrogen) atoms. The predicted molar refractivity (Wildman–Crippen MR) is 99.8 cm³/mol. The molecule has 2 fully saturated rings. The lowest BCUT2D eigenvalue weighted by molar-refractivity contribution is -0.128. The molecule has 0 aromatic carbocycles. The second kappa shape index (κ2) is 8.27. The van der Waals surface area contributed by atoms with E-state index in [0.717, 1.165) is 42.8 Å². The average Bonchev–Trinajstić information content (AvgIpc) is 3.17. The van der Waals surface area contributed by atoms with Crippen molar-refractivity contribution in [2.24, 2.45) is 5.92 Å². The molecular weight excluding hydrogens is 336 g/mol. The maximum atomic E-state index is 12.5. The first-order valence-electron chi connectivity index (χ1n) is 9.28. The Morgan fingerprint density at radius 3 is 2.64 bits per heavy atom. The molecule has 1 aromatic heterocycles. The van der Waals surface area contributed by atoms with Gasteiger partial charge in [-0.2, -0.15) is 0 Å². The summed E-state index contributed by atoms with van der Waals surface area (Å²) in [6.45, 7) is 5.81. The molecule has 1 aliphatic carbocycles. The molecule has 2 heterocycles. The highest BCUT2D eigenvalue weighted by atomic mass is 32.1. The number of hydrogen-bond donors (Lipinski definition) is 2. The number of anilines is 1. The van der Waals surface area contributed by atoms with Gasteiger partial charge in [-0.05, 0) is 46.1 Å². The number of hydrogen-bond acceptors (Lipinski definition) is 5. The summed E-state index contributed by atoms with van der Waals surface area (Å²) in [5.74, 6) is 0.125. The van der Waals surface area contributed by atoms with E-state index >= 15 is 0 Å². The first-order valence-corrected chi connectivity index (χ1v) is 10.1. The van der Waals surface area contributed by atoms with E-state index in [0.29, 0.717) is 24.3 Å². The molecule has 6 nitrogen and oxygen atoms in total. The van der Waals surface area contributed by atoms with E-state index < -0.39 is 0 Å². The van der Waals surface area contributed by atoms with Gasteiger partial charge in [-0.25, -0.2) is 4.98 Å². The number of thiazole rings is 1. The summed E-state index contributed by atoms with van der Waals surface area (Å²) in [4.78, 5) is 32.3. The number of aryl methyl sites for hydroxylation is 2. The van der Waals surface area contributed by atoms with E-state index in [9.17, 15) is 9.59 Å². The van der Waals surface area contributed by atoms with Crippen LogP contribution < -0.4 is 10.6 Å². The monoisotopic (exact) mass is 364 g/mol. The quantitative estimate of drug-likeness (QED) is 0.842. The Bertz CT molecular complexity index is 605. The van der Waals surface area contributed by atoms with Gasteiger partial charge in [-0.3, -0.25) is 14.5 Å². The van der Waals surface area contributed by atoms with Gasteiger partial charge in [0.2, 0.25) is 11.8 Å². The molecule has 1 atom stereocenters. The Labute approximate surface area is 153 Å². The molecule has 2 aliphatic rings. The molecule has 3 rings (SSSR count). The summed E-state index contributed by atoms with van der Waals surface area (Å²) < 4.78 is 0. The summed E-state index contributed by atoms with van der Waals surface area (Å²) in [5, 5.41) is 6.74. The lowest BCUT2D eigenvalue weighted by Gasteiger charge is -2.32. The van der Waals surface area contributed by atoms with Gasteiger partial charge >= 0.3 is 0 Å². The maximum Gasteiger partial charge on any atom is 0.240 e. The van der Waals surface area contributed by atoms with Gasteiger partial charge in [0.25, 0.3) is 0 Å². The van der Waals surface area contributed by atoms with Gasteiger partial charge in [0.1, 0.15) is 0 Å². The van der Waals surface area contributed by atoms with Crippen molar-refractivity contribution in [2.45, 2.75) is 58.4 Å². The van der Waals surface area contributed by atoms with Crippen molar-refractivity contribution in [3.63, 3.8) is 0 Å². The molecular formula is C18H28N4O2S. The minimum Gasteiger partial charge on any atom is -0.353 e. The highest BCUT2D eigenvalue weighted by Crippen LogP contribution is 2.22. The van der Waals surface area contributed by atoms with E-state index in [4.69, 9.17) is 0 Å². The Morgan fingerprint density at radius 2 is 1.96 bits per heavy atom. The van der Waals surface area contributed by atoms with Gasteiger partial charge in [0.15, 0.2) is 5.13 Å². The van der Waals surface area contributed by atoms with E-state index in [1.54, 1.807) is 0 Å². The molecule has 1 aliphatic heterocycles. The van der Waals surface area contributed by atoms with E-state index in [1.165, 1.54) is 24.2 Å². The van der Waals surface area contributed by atoms with E-state index in [1.807, 2.05) is 13.8 Å². The van der Waals surface area contributed by atoms with Crippen LogP contribution in [-0.2, 0) is 9.59 Å². The number of nitrogens with zero attached hydrogens (tertiary/aromatic N) is 2. The molecule has 1 unspecified atom stereocenters. The van der Waals surface area contributed by atoms with Crippen LogP contribution in [0.15, 0.2) is 0 Å². The number of rotatable bonds is 5. The normalized spacial score (nSPS) is 22.1. The zero-order chi connectivity index (χ0) is 17.8. The number of likely N-dealkylation sites (tertiary alicyclic amines) is 1. The first kappa shape index (κ1) is 18.3. The SMILES string of the molecule is Cc1nc(NC(=O)CN2CCCC(C(=O)NC3CCCC3)C2)sc1C. The predicted octanol–water partition coefficient (Wildman–Crippen LogP) is 2.47. The maximum absolute atomic E-state index is 12.5. The molecule has 0 spiro atoms. The van der Waals surface area contributed by atoms with Crippen molar-refractivity contribution >= 4 is 28.3 Å². The molecule has 0 radical (unpaired) electrons. The molecule has 0 bridgehead atoms. The molecule has 1 saturated carbocycles. The zero-order valence-electron chi connectivity index (χ0n) is 15.1. The Balaban J connectivity index is 1.47. The van der Waals surface area contributed by atoms with Crippen LogP contribution in [-0.4, -0.2) is 47.4 Å². The number of nitrogens with one attached hydrogen (secondary N) is 2. The minimum absolute atomic E-state index is 0.00602. The highest BCUT2D eigenvalue weighted by Gasteiger charge is 2.28. The third-order valence-electron chi connectivity index (χ3n) is 5.22. The third kappa shape index (κ3) is 5.01. The van der Waals surface area contributed by atoms with Crippen LogP contribution in [0.3, 0.4) is 0 Å². The lowest BCUT2D eigenvalue weighted by Crippen LogP contribution is -2.47. The van der Waals surface area contributed by atoms with E-state index in [2.05, 4.69) is 20.5 Å². The fourth-order valence-electron chi connectivity index (χ4n) is 3.69. The zero-order valence-corrected chi connectivity index (χ0v) is 16.0. The molecule has 2 N–H and O–H groups in total. The van der Waals surface area contributed by atoms with E-state index in [-0.39, 0.29) is 17.7 Å². The Kier molecular flexibility index (Phi) is 6.06. The minimum atomic E-state index is -0.0504. The fourth-order valence-corrected chi connectivity index (χ4v) is 4.52. The summed E-state index contributed by atoms with van der Waals surface area (Å²) in [7, 11) is 0. The van der Waals surface area contributed by atoms with Crippen molar-refractivity contribution in [1.29, 1.82) is 0 Å². The number of piperidine rings is 1. The molecule has 1 aromatic rings. The van der Waals surface area contributed by atoms with Gasteiger partial charge in [-0.15, -0.1) is 11.3 Å². The second-order valence-corrected chi connectivity index (χ2v) is 8.48. The number of aromatic nitrogens is 1. The summed E-state index contributed by atoms with van der Waals surface area (Å²) in [5.41, 5.74) is 0.960. The molecule has 138 valence electrons. The summed E-state index contributed by atoms with van der Waals surface area (Å²) >= 11 is 1.50. The average molecular weight is 365 g/mol. The van der Waals surface area contributed by atoms with Gasteiger partial charge < -0.3 is 10.6 Å². The molecule has 1 saturated heterocycles. The smallest absolute Gasteiger partial charge is 0.240 e. The van der Waals surface area contributed by atoms with Crippen LogP contribution in [0.1, 0.15) is 49.1 Å². The van der Waals surface area contributed by atoms with Gasteiger partial charge in [-0.1, -0.05) is 12.8 Å². The van der Waals surface area contributed by atoms with Crippen LogP contribution in [0.25, 0.3) is 0 Å². The van der Waals surface area contributed by atoms with Crippen molar-refractivity contribution in [3.05, 3.63) is 10.6 Å². The fraction of sp³-hybridized carbons (Fsp3) is 0.722. The largest absolute Gasteiger partial charge is 0.353 e. The topological polar surface area (TPSA) is 74.3 Å². The number of carbonyl (C=O) groups is 2. The van der Waals surface area contributed by atoms with Crippen molar-refractivity contribution in [3.8, 4) is 0 Å². The third-order valence-corrected chi connectivity index (χ3v) is 6.21. The van der Waals surface area contributed by atoms with Crippen molar-refractivity contribution in [1.82, 2.24) is 15.2 Å². The second-order valence-electron chi connectivity index (χ2n) is 7.27. The Hall–Kier alpha value is -1.47.